The number of rotatable bonds is 6. The maximum atomic E-state index is 12.5. The lowest BCUT2D eigenvalue weighted by Crippen LogP contribution is -2.17. The Morgan fingerprint density at radius 3 is 1.98 bits per heavy atom. The Balaban J connectivity index is 1.46. The van der Waals surface area contributed by atoms with Gasteiger partial charge in [0.15, 0.2) is 0 Å². The average molecular weight is 782 g/mol. The van der Waals surface area contributed by atoms with Crippen molar-refractivity contribution in [3.63, 3.8) is 0 Å². The van der Waals surface area contributed by atoms with Gasteiger partial charge in [0.2, 0.25) is 0 Å². The van der Waals surface area contributed by atoms with Crippen molar-refractivity contribution >= 4 is 11.0 Å². The molecule has 0 saturated carbocycles. The molecule has 59 heavy (non-hydrogen) atoms. The molecule has 8 aromatic rings. The Bertz CT molecular complexity index is 3210. The van der Waals surface area contributed by atoms with Gasteiger partial charge in [0.1, 0.15) is 11.6 Å². The van der Waals surface area contributed by atoms with Crippen molar-refractivity contribution < 1.29 is 16.1 Å². The van der Waals surface area contributed by atoms with Crippen LogP contribution in [0.5, 0.6) is 5.75 Å². The fourth-order valence-electron chi connectivity index (χ4n) is 7.65. The van der Waals surface area contributed by atoms with Crippen LogP contribution in [0.1, 0.15) is 95.5 Å². The lowest BCUT2D eigenvalue weighted by molar-refractivity contribution is 0.446. The van der Waals surface area contributed by atoms with Gasteiger partial charge in [-0.05, 0) is 105 Å². The third-order valence-corrected chi connectivity index (χ3v) is 11.0. The number of fused-ring (bicyclic) bond motifs is 1. The standard InChI is InChI=1S/C55H55N3O/c1-35-24-25-48(44(28-35)37-20-15-12-16-21-37)58-49-23-17-22-43(50(49)57-52(58)45-33-42(54(5,6)7)34-46(51(45)59)55(8,9)10)39-29-40(31-41(30-39)53(2,3)4)47-32-38(26-27-56-47)36-18-13-11-14-19-36/h11-34,59H,1-10H3/i1D3,11D,13D,14D,18D,19D. The van der Waals surface area contributed by atoms with Crippen LogP contribution >= 0.6 is 0 Å². The molecule has 296 valence electrons. The molecule has 0 fully saturated rings. The molecule has 0 radical (unpaired) electrons. The highest BCUT2D eigenvalue weighted by molar-refractivity contribution is 5.98. The van der Waals surface area contributed by atoms with Crippen molar-refractivity contribution in [2.75, 3.05) is 0 Å². The first-order chi connectivity index (χ1) is 31.3. The minimum atomic E-state index is -2.37. The zero-order chi connectivity index (χ0) is 48.7. The average Bonchev–Trinajstić information content (AvgIpc) is 3.66. The van der Waals surface area contributed by atoms with Crippen LogP contribution in [-0.4, -0.2) is 19.6 Å². The quantitative estimate of drug-likeness (QED) is 0.183. The topological polar surface area (TPSA) is 50.9 Å². The fourth-order valence-corrected chi connectivity index (χ4v) is 7.65. The minimum Gasteiger partial charge on any atom is -0.507 e. The smallest absolute Gasteiger partial charge is 0.149 e. The van der Waals surface area contributed by atoms with E-state index in [1.54, 1.807) is 30.5 Å². The molecule has 0 aliphatic carbocycles. The van der Waals surface area contributed by atoms with Crippen LogP contribution in [0.4, 0.5) is 0 Å². The molecule has 0 bridgehead atoms. The summed E-state index contributed by atoms with van der Waals surface area (Å²) in [6.07, 6.45) is 1.59. The largest absolute Gasteiger partial charge is 0.507 e. The third-order valence-electron chi connectivity index (χ3n) is 11.0. The summed E-state index contributed by atoms with van der Waals surface area (Å²) in [6, 6.07) is 32.8. The highest BCUT2D eigenvalue weighted by Crippen LogP contribution is 2.46. The summed E-state index contributed by atoms with van der Waals surface area (Å²) in [6.45, 7) is 16.7. The summed E-state index contributed by atoms with van der Waals surface area (Å²) in [7, 11) is 0. The number of hydrogen-bond donors (Lipinski definition) is 1. The molecular formula is C55H55N3O. The molecule has 4 heteroatoms. The predicted molar refractivity (Wildman–Crippen MR) is 249 cm³/mol. The SMILES string of the molecule is [2H]c1c([2H])c([2H])c(-c2ccnc(-c3cc(-c4cccc5c4nc(-c4cc(C(C)(C)C)cc(C(C)(C)C)c4O)n5-c4ccc(C([2H])([2H])[2H])cc4-c4ccccc4)cc(C(C)(C)C)c3)c2)c([2H])c1[2H]. The molecule has 6 aromatic carbocycles. The molecule has 0 amide bonds. The lowest BCUT2D eigenvalue weighted by atomic mass is 9.79. The summed E-state index contributed by atoms with van der Waals surface area (Å²) >= 11 is 0. The first kappa shape index (κ1) is 30.8. The third kappa shape index (κ3) is 7.72. The second-order valence-electron chi connectivity index (χ2n) is 18.4. The lowest BCUT2D eigenvalue weighted by Gasteiger charge is -2.27. The number of nitrogens with zero attached hydrogens (tertiary/aromatic N) is 3. The van der Waals surface area contributed by atoms with E-state index < -0.39 is 30.4 Å². The van der Waals surface area contributed by atoms with Crippen molar-refractivity contribution in [2.24, 2.45) is 0 Å². The van der Waals surface area contributed by atoms with E-state index in [1.165, 1.54) is 0 Å². The molecule has 0 saturated heterocycles. The predicted octanol–water partition coefficient (Wildman–Crippen LogP) is 14.7. The van der Waals surface area contributed by atoms with Crippen molar-refractivity contribution in [1.29, 1.82) is 0 Å². The van der Waals surface area contributed by atoms with E-state index in [-0.39, 0.29) is 39.8 Å². The number of pyridine rings is 1. The van der Waals surface area contributed by atoms with Crippen molar-refractivity contribution in [1.82, 2.24) is 14.5 Å². The summed E-state index contributed by atoms with van der Waals surface area (Å²) in [5.41, 5.74) is 9.53. The van der Waals surface area contributed by atoms with Gasteiger partial charge >= 0.3 is 0 Å². The highest BCUT2D eigenvalue weighted by atomic mass is 16.3. The van der Waals surface area contributed by atoms with Gasteiger partial charge in [-0.15, -0.1) is 0 Å². The minimum absolute atomic E-state index is 0.0971. The van der Waals surface area contributed by atoms with Crippen LogP contribution in [-0.2, 0) is 16.2 Å². The summed E-state index contributed by atoms with van der Waals surface area (Å²) in [5.74, 6) is 0.594. The Morgan fingerprint density at radius 1 is 0.576 bits per heavy atom. The van der Waals surface area contributed by atoms with Crippen LogP contribution in [0, 0.1) is 6.85 Å². The second-order valence-corrected chi connectivity index (χ2v) is 18.4. The van der Waals surface area contributed by atoms with Gasteiger partial charge in [-0.25, -0.2) is 4.98 Å². The molecular weight excluding hydrogens is 719 g/mol. The number of imidazole rings is 1. The van der Waals surface area contributed by atoms with Gasteiger partial charge in [0, 0.05) is 32.6 Å². The zero-order valence-electron chi connectivity index (χ0n) is 43.3. The maximum absolute atomic E-state index is 12.5. The summed E-state index contributed by atoms with van der Waals surface area (Å²) in [5, 5.41) is 12.5. The fraction of sp³-hybridized carbons (Fsp3) is 0.236. The van der Waals surface area contributed by atoms with Crippen molar-refractivity contribution in [2.45, 2.75) is 85.4 Å². The first-order valence-electron chi connectivity index (χ1n) is 24.1. The summed E-state index contributed by atoms with van der Waals surface area (Å²) in [4.78, 5) is 10.3. The number of aromatic hydroxyl groups is 1. The van der Waals surface area contributed by atoms with Crippen LogP contribution in [0.2, 0.25) is 0 Å². The van der Waals surface area contributed by atoms with Crippen LogP contribution in [0.15, 0.2) is 146 Å². The van der Waals surface area contributed by atoms with Crippen LogP contribution < -0.4 is 0 Å². The molecule has 1 N–H and O–H groups in total. The number of benzene rings is 6. The van der Waals surface area contributed by atoms with E-state index in [4.69, 9.17) is 20.9 Å². The summed E-state index contributed by atoms with van der Waals surface area (Å²) < 4.78 is 69.3. The molecule has 0 aliphatic heterocycles. The van der Waals surface area contributed by atoms with Gasteiger partial charge < -0.3 is 5.11 Å². The molecule has 4 nitrogen and oxygen atoms in total. The van der Waals surface area contributed by atoms with E-state index in [0.29, 0.717) is 39.4 Å². The normalized spacial score (nSPS) is 14.5. The first-order valence-corrected chi connectivity index (χ1v) is 20.1. The van der Waals surface area contributed by atoms with E-state index in [2.05, 4.69) is 80.5 Å². The number of aromatic nitrogens is 3. The highest BCUT2D eigenvalue weighted by Gasteiger charge is 2.29. The van der Waals surface area contributed by atoms with Gasteiger partial charge in [-0.3, -0.25) is 9.55 Å². The second kappa shape index (κ2) is 14.8. The van der Waals surface area contributed by atoms with E-state index >= 15 is 0 Å². The van der Waals surface area contributed by atoms with Crippen molar-refractivity contribution in [3.05, 3.63) is 168 Å². The number of phenols is 1. The molecule has 0 unspecified atom stereocenters. The Labute approximate surface area is 361 Å². The molecule has 2 aromatic heterocycles. The Kier molecular flexibility index (Phi) is 7.74. The van der Waals surface area contributed by atoms with Gasteiger partial charge in [0.05, 0.1) is 34.8 Å². The molecule has 2 heterocycles. The number of aryl methyl sites for hydroxylation is 1. The molecule has 0 atom stereocenters. The van der Waals surface area contributed by atoms with E-state index in [1.807, 2.05) is 71.3 Å². The number of para-hydroxylation sites is 1. The Hall–Kier alpha value is -6.26. The van der Waals surface area contributed by atoms with E-state index in [0.717, 1.165) is 44.5 Å². The maximum Gasteiger partial charge on any atom is 0.149 e. The van der Waals surface area contributed by atoms with Gasteiger partial charge in [0.25, 0.3) is 0 Å². The number of phenolic OH excluding ortho intramolecular Hbond substituents is 1. The van der Waals surface area contributed by atoms with Crippen LogP contribution in [0.25, 0.3) is 72.7 Å². The molecule has 0 aliphatic rings. The molecule has 0 spiro atoms. The zero-order valence-corrected chi connectivity index (χ0v) is 35.3. The Morgan fingerprint density at radius 2 is 1.29 bits per heavy atom. The van der Waals surface area contributed by atoms with Crippen molar-refractivity contribution in [3.8, 4) is 67.5 Å². The van der Waals surface area contributed by atoms with Crippen LogP contribution in [0.3, 0.4) is 0 Å². The number of hydrogen-bond acceptors (Lipinski definition) is 3. The molecule has 8 rings (SSSR count). The van der Waals surface area contributed by atoms with Gasteiger partial charge in [-0.2, -0.15) is 0 Å². The monoisotopic (exact) mass is 781 g/mol. The van der Waals surface area contributed by atoms with Gasteiger partial charge in [-0.1, -0.05) is 159 Å². The van der Waals surface area contributed by atoms with E-state index in [9.17, 15) is 5.11 Å².